The number of hydrogen-bond acceptors (Lipinski definition) is 15. The summed E-state index contributed by atoms with van der Waals surface area (Å²) in [5, 5.41) is 14.5. The Morgan fingerprint density at radius 1 is 0.985 bits per heavy atom. The van der Waals surface area contributed by atoms with Crippen LogP contribution in [0.15, 0.2) is 54.6 Å². The number of rotatable bonds is 12. The molecule has 1 saturated carbocycles. The second-order valence-corrected chi connectivity index (χ2v) is 20.0. The molecule has 1 spiro atoms. The van der Waals surface area contributed by atoms with Crippen LogP contribution in [0.2, 0.25) is 0 Å². The maximum absolute atomic E-state index is 15.6. The van der Waals surface area contributed by atoms with Gasteiger partial charge in [0.15, 0.2) is 11.8 Å². The van der Waals surface area contributed by atoms with E-state index in [0.717, 1.165) is 11.1 Å². The number of amides is 2. The molecule has 2 aromatic carbocycles. The highest BCUT2D eigenvalue weighted by molar-refractivity contribution is 5.97. The van der Waals surface area contributed by atoms with Gasteiger partial charge in [-0.25, -0.2) is 9.59 Å². The molecule has 7 aliphatic rings. The summed E-state index contributed by atoms with van der Waals surface area (Å²) in [6, 6.07) is 12.2. The zero-order valence-electron chi connectivity index (χ0n) is 37.3. The third kappa shape index (κ3) is 8.34. The first kappa shape index (κ1) is 45.0. The van der Waals surface area contributed by atoms with Crippen molar-refractivity contribution < 1.29 is 67.1 Å². The van der Waals surface area contributed by atoms with E-state index >= 15 is 4.79 Å². The SMILES string of the molecule is CC(C)(C)OC(=O)CCC(CO)NC(=O)C1CCCN1C(=O)C12CC3OC(=O)C1N(Cc1ccccc1C=CC(=O)OC1C(=O)OCC1(C)C)OC2C1OC2(Cc4ccccc4C2)OC31. The number of benzene rings is 2. The molecule has 6 fully saturated rings. The predicted octanol–water partition coefficient (Wildman–Crippen LogP) is 2.86. The molecular formula is C48H57N3O14. The average Bonchev–Trinajstić information content (AvgIpc) is 4.08. The first-order chi connectivity index (χ1) is 30.9. The largest absolute Gasteiger partial charge is 0.462 e. The van der Waals surface area contributed by atoms with Gasteiger partial charge in [-0.15, -0.1) is 0 Å². The molecule has 65 heavy (non-hydrogen) atoms. The zero-order chi connectivity index (χ0) is 46.1. The Hall–Kier alpha value is -5.20. The minimum absolute atomic E-state index is 0.0257. The molecule has 2 aliphatic carbocycles. The monoisotopic (exact) mass is 899 g/mol. The number of aliphatic hydroxyl groups is 1. The van der Waals surface area contributed by atoms with E-state index in [2.05, 4.69) is 5.32 Å². The van der Waals surface area contributed by atoms with Crippen LogP contribution >= 0.6 is 0 Å². The van der Waals surface area contributed by atoms with Gasteiger partial charge in [0, 0.05) is 43.7 Å². The average molecular weight is 900 g/mol. The van der Waals surface area contributed by atoms with E-state index in [9.17, 15) is 29.1 Å². The maximum atomic E-state index is 15.6. The third-order valence-corrected chi connectivity index (χ3v) is 13.7. The van der Waals surface area contributed by atoms with E-state index < -0.39 is 113 Å². The highest BCUT2D eigenvalue weighted by atomic mass is 16.8. The van der Waals surface area contributed by atoms with Gasteiger partial charge in [0.1, 0.15) is 48.1 Å². The van der Waals surface area contributed by atoms with Gasteiger partial charge in [-0.1, -0.05) is 62.4 Å². The van der Waals surface area contributed by atoms with Crippen LogP contribution in [0.25, 0.3) is 6.08 Å². The Kier molecular flexibility index (Phi) is 11.7. The first-order valence-electron chi connectivity index (χ1n) is 22.5. The Labute approximate surface area is 376 Å². The van der Waals surface area contributed by atoms with Crippen LogP contribution in [-0.2, 0) is 81.4 Å². The van der Waals surface area contributed by atoms with Gasteiger partial charge in [0.05, 0.1) is 19.2 Å². The molecule has 17 heteroatoms. The molecule has 5 heterocycles. The molecule has 348 valence electrons. The van der Waals surface area contributed by atoms with Gasteiger partial charge in [-0.2, -0.15) is 5.06 Å². The molecule has 5 saturated heterocycles. The number of nitrogens with one attached hydrogen (secondary N) is 1. The predicted molar refractivity (Wildman–Crippen MR) is 226 cm³/mol. The maximum Gasteiger partial charge on any atom is 0.348 e. The summed E-state index contributed by atoms with van der Waals surface area (Å²) in [7, 11) is 0. The summed E-state index contributed by atoms with van der Waals surface area (Å²) in [5.74, 6) is -4.51. The van der Waals surface area contributed by atoms with E-state index in [0.29, 0.717) is 36.8 Å². The molecular weight excluding hydrogens is 843 g/mol. The van der Waals surface area contributed by atoms with Crippen LogP contribution in [0.5, 0.6) is 0 Å². The minimum Gasteiger partial charge on any atom is -0.462 e. The van der Waals surface area contributed by atoms with Crippen LogP contribution < -0.4 is 5.32 Å². The molecule has 9 atom stereocenters. The van der Waals surface area contributed by atoms with Crippen LogP contribution in [0, 0.1) is 10.8 Å². The van der Waals surface area contributed by atoms with Crippen molar-refractivity contribution in [2.75, 3.05) is 19.8 Å². The highest BCUT2D eigenvalue weighted by Gasteiger charge is 2.77. The molecule has 2 aromatic rings. The number of nitrogens with zero attached hydrogens (tertiary/aromatic N) is 2. The number of ether oxygens (including phenoxy) is 6. The van der Waals surface area contributed by atoms with Crippen molar-refractivity contribution in [3.63, 3.8) is 0 Å². The fourth-order valence-corrected chi connectivity index (χ4v) is 10.7. The lowest BCUT2D eigenvalue weighted by molar-refractivity contribution is -0.218. The fourth-order valence-electron chi connectivity index (χ4n) is 10.7. The van der Waals surface area contributed by atoms with E-state index in [-0.39, 0.29) is 39.0 Å². The van der Waals surface area contributed by atoms with Crippen molar-refractivity contribution >= 4 is 41.8 Å². The van der Waals surface area contributed by atoms with Gasteiger partial charge in [0.2, 0.25) is 17.9 Å². The summed E-state index contributed by atoms with van der Waals surface area (Å²) in [5.41, 5.74) is 0.403. The number of carbonyl (C=O) groups is 6. The molecule has 0 aromatic heterocycles. The lowest BCUT2D eigenvalue weighted by Crippen LogP contribution is -2.70. The third-order valence-electron chi connectivity index (χ3n) is 13.7. The summed E-state index contributed by atoms with van der Waals surface area (Å²) >= 11 is 0. The lowest BCUT2D eigenvalue weighted by atomic mass is 9.62. The van der Waals surface area contributed by atoms with Crippen LogP contribution in [0.3, 0.4) is 0 Å². The van der Waals surface area contributed by atoms with Gasteiger partial charge in [-0.3, -0.25) is 24.0 Å². The summed E-state index contributed by atoms with van der Waals surface area (Å²) in [4.78, 5) is 90.4. The number of hydrogen-bond donors (Lipinski definition) is 2. The van der Waals surface area contributed by atoms with Crippen molar-refractivity contribution in [3.8, 4) is 0 Å². The minimum atomic E-state index is -1.57. The molecule has 9 unspecified atom stereocenters. The van der Waals surface area contributed by atoms with Crippen molar-refractivity contribution in [1.82, 2.24) is 15.3 Å². The number of aliphatic hydroxyl groups excluding tert-OH is 1. The molecule has 2 N–H and O–H groups in total. The number of likely N-dealkylation sites (tertiary alicyclic amines) is 1. The quantitative estimate of drug-likeness (QED) is 0.179. The van der Waals surface area contributed by atoms with Gasteiger partial charge in [-0.05, 0) is 68.4 Å². The molecule has 2 bridgehead atoms. The second-order valence-electron chi connectivity index (χ2n) is 20.0. The number of carbonyl (C=O) groups excluding carboxylic acids is 6. The van der Waals surface area contributed by atoms with Crippen molar-refractivity contribution in [2.24, 2.45) is 10.8 Å². The fraction of sp³-hybridized carbons (Fsp3) is 0.583. The number of cyclic esters (lactones) is 1. The van der Waals surface area contributed by atoms with Crippen LogP contribution in [0.1, 0.15) is 89.0 Å². The Morgan fingerprint density at radius 3 is 2.38 bits per heavy atom. The topological polar surface area (TPSA) is 206 Å². The van der Waals surface area contributed by atoms with Crippen LogP contribution in [-0.4, -0.2) is 131 Å². The lowest BCUT2D eigenvalue weighted by Gasteiger charge is -2.50. The van der Waals surface area contributed by atoms with E-state index in [1.54, 1.807) is 58.9 Å². The van der Waals surface area contributed by atoms with Crippen molar-refractivity contribution in [3.05, 3.63) is 76.9 Å². The Bertz CT molecular complexity index is 2260. The Balaban J connectivity index is 1.00. The van der Waals surface area contributed by atoms with Crippen molar-refractivity contribution in [2.45, 2.75) is 146 Å². The zero-order valence-corrected chi connectivity index (χ0v) is 37.3. The van der Waals surface area contributed by atoms with Gasteiger partial charge in [0.25, 0.3) is 0 Å². The number of hydroxylamine groups is 2. The summed E-state index contributed by atoms with van der Waals surface area (Å²) in [6.45, 7) is 8.72. The van der Waals surface area contributed by atoms with E-state index in [1.165, 1.54) is 16.0 Å². The first-order valence-corrected chi connectivity index (χ1v) is 22.5. The van der Waals surface area contributed by atoms with Crippen LogP contribution in [0.4, 0.5) is 0 Å². The van der Waals surface area contributed by atoms with Gasteiger partial charge >= 0.3 is 23.9 Å². The molecule has 5 aliphatic heterocycles. The highest BCUT2D eigenvalue weighted by Crippen LogP contribution is 2.59. The number of fused-ring (bicyclic) bond motifs is 5. The second kappa shape index (κ2) is 16.9. The molecule has 9 rings (SSSR count). The standard InChI is InChI=1S/C48H57N3O14/c1-45(2,3)62-35(54)19-17-31(25-52)49-41(55)32-15-10-20-50(32)44(58)48-23-33-36-37(64-47(63-36)21-28-12-7-8-13-29(28)22-47)39(48)65-51(38(48)42(56)60-33)24-30-14-9-6-11-27(30)16-18-34(53)61-40-43(57)59-26-46(40,4)5/h6-9,11-14,16,18,31-33,36-40,52H,10,15,17,19-26H2,1-5H3,(H,49,55). The smallest absolute Gasteiger partial charge is 0.348 e. The number of esters is 4. The molecule has 0 radical (unpaired) electrons. The summed E-state index contributed by atoms with van der Waals surface area (Å²) < 4.78 is 36.0. The summed E-state index contributed by atoms with van der Waals surface area (Å²) in [6.07, 6.45) is 0.103. The van der Waals surface area contributed by atoms with E-state index in [1.807, 2.05) is 30.3 Å². The molecule has 17 nitrogen and oxygen atoms in total. The van der Waals surface area contributed by atoms with Crippen molar-refractivity contribution in [1.29, 1.82) is 0 Å². The Morgan fingerprint density at radius 2 is 1.69 bits per heavy atom. The normalized spacial score (nSPS) is 31.0. The molecule has 2 amide bonds. The van der Waals surface area contributed by atoms with Gasteiger partial charge < -0.3 is 43.7 Å². The van der Waals surface area contributed by atoms with E-state index in [4.69, 9.17) is 33.3 Å².